The quantitative estimate of drug-likeness (QED) is 0.409. The molecular formula is C23H25ClN2O6S. The molecule has 0 saturated heterocycles. The highest BCUT2D eigenvalue weighted by Crippen LogP contribution is 2.39. The van der Waals surface area contributed by atoms with E-state index >= 15 is 0 Å². The Morgan fingerprint density at radius 1 is 1.00 bits per heavy atom. The molecule has 0 bridgehead atoms. The van der Waals surface area contributed by atoms with Crippen molar-refractivity contribution in [1.82, 2.24) is 4.57 Å². The topological polar surface area (TPSA) is 88.4 Å². The van der Waals surface area contributed by atoms with Gasteiger partial charge in [-0.25, -0.2) is 0 Å². The summed E-state index contributed by atoms with van der Waals surface area (Å²) in [6.07, 6.45) is 0. The second-order valence-electron chi connectivity index (χ2n) is 6.68. The zero-order chi connectivity index (χ0) is 24.0. The second-order valence-corrected chi connectivity index (χ2v) is 8.12. The van der Waals surface area contributed by atoms with Crippen molar-refractivity contribution in [1.29, 1.82) is 0 Å². The van der Waals surface area contributed by atoms with Crippen molar-refractivity contribution < 1.29 is 28.5 Å². The Bertz CT molecular complexity index is 1210. The van der Waals surface area contributed by atoms with E-state index in [1.54, 1.807) is 34.9 Å². The molecule has 0 N–H and O–H groups in total. The third-order valence-corrected chi connectivity index (χ3v) is 5.79. The fourth-order valence-corrected chi connectivity index (χ4v) is 4.45. The van der Waals surface area contributed by atoms with Gasteiger partial charge in [-0.2, -0.15) is 4.99 Å². The van der Waals surface area contributed by atoms with Crippen LogP contribution in [-0.2, 0) is 16.1 Å². The molecule has 8 nitrogen and oxygen atoms in total. The van der Waals surface area contributed by atoms with Crippen LogP contribution in [0.15, 0.2) is 35.3 Å². The zero-order valence-corrected chi connectivity index (χ0v) is 20.4. The average Bonchev–Trinajstić information content (AvgIpc) is 3.11. The molecule has 10 heteroatoms. The van der Waals surface area contributed by atoms with Crippen LogP contribution in [0.2, 0.25) is 5.02 Å². The number of esters is 1. The van der Waals surface area contributed by atoms with Gasteiger partial charge in [-0.3, -0.25) is 9.59 Å². The number of fused-ring (bicyclic) bond motifs is 1. The summed E-state index contributed by atoms with van der Waals surface area (Å²) in [5, 5.41) is 0.543. The predicted octanol–water partition coefficient (Wildman–Crippen LogP) is 4.47. The van der Waals surface area contributed by atoms with E-state index in [-0.39, 0.29) is 12.1 Å². The summed E-state index contributed by atoms with van der Waals surface area (Å²) in [7, 11) is 1.31. The number of halogens is 1. The molecule has 3 aromatic rings. The van der Waals surface area contributed by atoms with Crippen LogP contribution in [0.3, 0.4) is 0 Å². The first-order valence-corrected chi connectivity index (χ1v) is 11.6. The SMILES string of the molecule is CCOc1cc(C(=O)N=c2sc3cc(Cl)ccc3n2CC(=O)OC)cc(OCC)c1OCC. The van der Waals surface area contributed by atoms with E-state index in [0.29, 0.717) is 46.9 Å². The molecule has 0 unspecified atom stereocenters. The number of nitrogens with zero attached hydrogens (tertiary/aromatic N) is 2. The monoisotopic (exact) mass is 492 g/mol. The molecule has 176 valence electrons. The Morgan fingerprint density at radius 3 is 2.21 bits per heavy atom. The van der Waals surface area contributed by atoms with Crippen LogP contribution in [0, 0.1) is 0 Å². The smallest absolute Gasteiger partial charge is 0.325 e. The number of hydrogen-bond donors (Lipinski definition) is 0. The Balaban J connectivity index is 2.14. The van der Waals surface area contributed by atoms with E-state index in [1.807, 2.05) is 20.8 Å². The fraction of sp³-hybridized carbons (Fsp3) is 0.348. The minimum absolute atomic E-state index is 0.0953. The van der Waals surface area contributed by atoms with Crippen molar-refractivity contribution in [2.75, 3.05) is 26.9 Å². The molecule has 0 fully saturated rings. The number of methoxy groups -OCH3 is 1. The predicted molar refractivity (Wildman–Crippen MR) is 127 cm³/mol. The Hall–Kier alpha value is -3.04. The van der Waals surface area contributed by atoms with Gasteiger partial charge in [0.15, 0.2) is 16.3 Å². The van der Waals surface area contributed by atoms with Gasteiger partial charge in [-0.1, -0.05) is 22.9 Å². The van der Waals surface area contributed by atoms with E-state index in [9.17, 15) is 9.59 Å². The van der Waals surface area contributed by atoms with Gasteiger partial charge in [0, 0.05) is 10.6 Å². The second kappa shape index (κ2) is 11.2. The van der Waals surface area contributed by atoms with E-state index in [2.05, 4.69) is 4.99 Å². The van der Waals surface area contributed by atoms with E-state index < -0.39 is 11.9 Å². The molecular weight excluding hydrogens is 468 g/mol. The highest BCUT2D eigenvalue weighted by molar-refractivity contribution is 7.16. The number of carbonyl (C=O) groups is 2. The molecule has 0 aliphatic heterocycles. The number of benzene rings is 2. The van der Waals surface area contributed by atoms with Gasteiger partial charge in [0.25, 0.3) is 5.91 Å². The molecule has 0 aliphatic rings. The molecule has 3 rings (SSSR count). The molecule has 2 aromatic carbocycles. The van der Waals surface area contributed by atoms with Gasteiger partial charge in [0.1, 0.15) is 6.54 Å². The number of ether oxygens (including phenoxy) is 4. The number of carbonyl (C=O) groups excluding carboxylic acids is 2. The van der Waals surface area contributed by atoms with Gasteiger partial charge in [-0.15, -0.1) is 0 Å². The zero-order valence-electron chi connectivity index (χ0n) is 18.8. The fourth-order valence-electron chi connectivity index (χ4n) is 3.14. The molecule has 1 amide bonds. The first-order chi connectivity index (χ1) is 15.9. The lowest BCUT2D eigenvalue weighted by molar-refractivity contribution is -0.141. The Morgan fingerprint density at radius 2 is 1.64 bits per heavy atom. The van der Waals surface area contributed by atoms with Crippen LogP contribution in [0.25, 0.3) is 10.2 Å². The van der Waals surface area contributed by atoms with Gasteiger partial charge >= 0.3 is 5.97 Å². The first-order valence-electron chi connectivity index (χ1n) is 10.4. The van der Waals surface area contributed by atoms with Gasteiger partial charge in [0.05, 0.1) is 37.1 Å². The van der Waals surface area contributed by atoms with E-state index in [1.165, 1.54) is 18.4 Å². The van der Waals surface area contributed by atoms with Crippen molar-refractivity contribution in [3.05, 3.63) is 45.7 Å². The number of aromatic nitrogens is 1. The summed E-state index contributed by atoms with van der Waals surface area (Å²) in [6, 6.07) is 8.41. The largest absolute Gasteiger partial charge is 0.490 e. The lowest BCUT2D eigenvalue weighted by atomic mass is 10.1. The average molecular weight is 493 g/mol. The van der Waals surface area contributed by atoms with Crippen molar-refractivity contribution in [3.8, 4) is 17.2 Å². The molecule has 0 spiro atoms. The highest BCUT2D eigenvalue weighted by atomic mass is 35.5. The first kappa shape index (κ1) is 24.6. The maximum atomic E-state index is 13.2. The van der Waals surface area contributed by atoms with Crippen LogP contribution in [-0.4, -0.2) is 43.4 Å². The highest BCUT2D eigenvalue weighted by Gasteiger charge is 2.19. The third-order valence-electron chi connectivity index (χ3n) is 4.51. The van der Waals surface area contributed by atoms with Gasteiger partial charge in [-0.05, 0) is 51.1 Å². The summed E-state index contributed by atoms with van der Waals surface area (Å²) in [5.41, 5.74) is 0.989. The Kier molecular flexibility index (Phi) is 8.35. The maximum Gasteiger partial charge on any atom is 0.325 e. The normalized spacial score (nSPS) is 11.5. The van der Waals surface area contributed by atoms with Crippen LogP contribution < -0.4 is 19.0 Å². The lowest BCUT2D eigenvalue weighted by Gasteiger charge is -2.16. The van der Waals surface area contributed by atoms with Crippen LogP contribution in [0.4, 0.5) is 0 Å². The van der Waals surface area contributed by atoms with Crippen molar-refractivity contribution in [2.45, 2.75) is 27.3 Å². The minimum Gasteiger partial charge on any atom is -0.490 e. The number of hydrogen-bond acceptors (Lipinski definition) is 7. The number of rotatable bonds is 9. The number of thiazole rings is 1. The van der Waals surface area contributed by atoms with Gasteiger partial charge in [0.2, 0.25) is 5.75 Å². The minimum atomic E-state index is -0.517. The van der Waals surface area contributed by atoms with Crippen LogP contribution >= 0.6 is 22.9 Å². The van der Waals surface area contributed by atoms with Crippen molar-refractivity contribution in [2.24, 2.45) is 4.99 Å². The van der Waals surface area contributed by atoms with Crippen molar-refractivity contribution in [3.63, 3.8) is 0 Å². The number of amides is 1. The molecule has 33 heavy (non-hydrogen) atoms. The van der Waals surface area contributed by atoms with E-state index in [0.717, 1.165) is 10.2 Å². The third kappa shape index (κ3) is 5.66. The van der Waals surface area contributed by atoms with Crippen LogP contribution in [0.5, 0.6) is 17.2 Å². The van der Waals surface area contributed by atoms with Gasteiger partial charge < -0.3 is 23.5 Å². The summed E-state index contributed by atoms with van der Waals surface area (Å²) < 4.78 is 24.3. The molecule has 0 saturated carbocycles. The standard InChI is InChI=1S/C23H25ClN2O6S/c1-5-30-17-10-14(11-18(31-6-2)21(17)32-7-3)22(28)25-23-26(13-20(27)29-4)16-9-8-15(24)12-19(16)33-23/h8-12H,5-7,13H2,1-4H3. The van der Waals surface area contributed by atoms with E-state index in [4.69, 9.17) is 30.5 Å². The molecule has 1 heterocycles. The van der Waals surface area contributed by atoms with Crippen LogP contribution in [0.1, 0.15) is 31.1 Å². The molecule has 0 radical (unpaired) electrons. The molecule has 0 atom stereocenters. The molecule has 1 aromatic heterocycles. The molecule has 0 aliphatic carbocycles. The lowest BCUT2D eigenvalue weighted by Crippen LogP contribution is -2.22. The summed E-state index contributed by atoms with van der Waals surface area (Å²) in [6.45, 7) is 6.62. The Labute approximate surface area is 200 Å². The maximum absolute atomic E-state index is 13.2. The van der Waals surface area contributed by atoms with Crippen molar-refractivity contribution >= 4 is 45.0 Å². The summed E-state index contributed by atoms with van der Waals surface area (Å²) in [5.74, 6) is 0.256. The summed E-state index contributed by atoms with van der Waals surface area (Å²) in [4.78, 5) is 29.8. The summed E-state index contributed by atoms with van der Waals surface area (Å²) >= 11 is 7.37.